The maximum absolute atomic E-state index is 11.6. The molecule has 0 bridgehead atoms. The molecule has 2 aromatic carbocycles. The van der Waals surface area contributed by atoms with Crippen LogP contribution in [0.5, 0.6) is 11.5 Å². The van der Waals surface area contributed by atoms with E-state index in [9.17, 15) is 4.79 Å². The molecule has 1 amide bonds. The van der Waals surface area contributed by atoms with Crippen LogP contribution in [0.2, 0.25) is 10.0 Å². The van der Waals surface area contributed by atoms with Crippen LogP contribution in [0.3, 0.4) is 0 Å². The third-order valence-electron chi connectivity index (χ3n) is 2.90. The highest BCUT2D eigenvalue weighted by Crippen LogP contribution is 2.32. The number of ether oxygens (including phenoxy) is 2. The number of halogens is 2. The fourth-order valence-corrected chi connectivity index (χ4v) is 2.14. The molecule has 0 unspecified atom stereocenters. The number of amides is 1. The largest absolute Gasteiger partial charge is 0.454 e. The lowest BCUT2D eigenvalue weighted by atomic mass is 10.2. The first-order chi connectivity index (χ1) is 11.1. The van der Waals surface area contributed by atoms with Crippen molar-refractivity contribution in [1.82, 2.24) is 0 Å². The fraction of sp³-hybridized carbons (Fsp3) is 0.0667. The molecule has 1 aliphatic rings. The van der Waals surface area contributed by atoms with Gasteiger partial charge in [-0.15, -0.1) is 0 Å². The number of anilines is 1. The molecule has 118 valence electrons. The molecule has 0 aromatic heterocycles. The van der Waals surface area contributed by atoms with Crippen molar-refractivity contribution in [3.05, 3.63) is 52.0 Å². The fourth-order valence-electron chi connectivity index (χ4n) is 1.84. The summed E-state index contributed by atoms with van der Waals surface area (Å²) in [5, 5.41) is 6.81. The second-order valence-corrected chi connectivity index (χ2v) is 5.29. The number of benzene rings is 2. The predicted molar refractivity (Wildman–Crippen MR) is 86.7 cm³/mol. The Morgan fingerprint density at radius 1 is 1.13 bits per heavy atom. The third kappa shape index (κ3) is 3.85. The minimum atomic E-state index is -0.750. The average Bonchev–Trinajstić information content (AvgIpc) is 2.98. The van der Waals surface area contributed by atoms with Gasteiger partial charge >= 0.3 is 6.09 Å². The number of fused-ring (bicyclic) bond motifs is 1. The predicted octanol–water partition coefficient (Wildman–Crippen LogP) is 4.30. The monoisotopic (exact) mass is 352 g/mol. The Labute approximate surface area is 141 Å². The summed E-state index contributed by atoms with van der Waals surface area (Å²) in [6, 6.07) is 9.90. The maximum atomic E-state index is 11.6. The first-order valence-corrected chi connectivity index (χ1v) is 7.23. The van der Waals surface area contributed by atoms with Crippen molar-refractivity contribution in [2.24, 2.45) is 5.16 Å². The number of carbonyl (C=O) groups excluding carboxylic acids is 1. The lowest BCUT2D eigenvalue weighted by Gasteiger charge is -2.04. The van der Waals surface area contributed by atoms with Crippen molar-refractivity contribution in [3.8, 4) is 11.5 Å². The number of carbonyl (C=O) groups is 1. The number of hydrogen-bond donors (Lipinski definition) is 1. The molecule has 0 fully saturated rings. The van der Waals surface area contributed by atoms with E-state index >= 15 is 0 Å². The molecule has 0 saturated carbocycles. The molecular formula is C15H10Cl2N2O4. The average molecular weight is 353 g/mol. The summed E-state index contributed by atoms with van der Waals surface area (Å²) < 4.78 is 10.4. The minimum Gasteiger partial charge on any atom is -0.454 e. The van der Waals surface area contributed by atoms with Crippen LogP contribution in [0.4, 0.5) is 10.5 Å². The van der Waals surface area contributed by atoms with Crippen LogP contribution in [-0.4, -0.2) is 19.1 Å². The van der Waals surface area contributed by atoms with Gasteiger partial charge in [-0.25, -0.2) is 4.79 Å². The summed E-state index contributed by atoms with van der Waals surface area (Å²) in [7, 11) is 0. The van der Waals surface area contributed by atoms with E-state index in [1.807, 2.05) is 0 Å². The third-order valence-corrected chi connectivity index (χ3v) is 3.64. The quantitative estimate of drug-likeness (QED) is 0.507. The van der Waals surface area contributed by atoms with Gasteiger partial charge < -0.3 is 9.47 Å². The molecule has 23 heavy (non-hydrogen) atoms. The zero-order chi connectivity index (χ0) is 16.2. The summed E-state index contributed by atoms with van der Waals surface area (Å²) in [6.45, 7) is 0.193. The summed E-state index contributed by atoms with van der Waals surface area (Å²) in [5.41, 5.74) is 1.15. The van der Waals surface area contributed by atoms with Crippen LogP contribution >= 0.6 is 23.2 Å². The molecule has 3 rings (SSSR count). The highest BCUT2D eigenvalue weighted by atomic mass is 35.5. The molecule has 0 atom stereocenters. The van der Waals surface area contributed by atoms with E-state index in [2.05, 4.69) is 10.5 Å². The van der Waals surface area contributed by atoms with Gasteiger partial charge in [0.05, 0.1) is 16.3 Å². The van der Waals surface area contributed by atoms with Crippen molar-refractivity contribution in [2.45, 2.75) is 0 Å². The highest BCUT2D eigenvalue weighted by molar-refractivity contribution is 6.42. The zero-order valence-electron chi connectivity index (χ0n) is 11.6. The molecule has 0 saturated heterocycles. The van der Waals surface area contributed by atoms with Crippen LogP contribution in [0, 0.1) is 0 Å². The molecule has 6 nitrogen and oxygen atoms in total. The Kier molecular flexibility index (Phi) is 4.55. The SMILES string of the molecule is O=C(Nc1ccc(Cl)c(Cl)c1)O/N=C/c1ccc2c(c1)OCO2. The lowest BCUT2D eigenvalue weighted by Crippen LogP contribution is -2.10. The molecule has 0 spiro atoms. The Morgan fingerprint density at radius 2 is 1.96 bits per heavy atom. The van der Waals surface area contributed by atoms with Gasteiger partial charge in [0, 0.05) is 11.3 Å². The number of hydrogen-bond acceptors (Lipinski definition) is 5. The van der Waals surface area contributed by atoms with E-state index in [0.29, 0.717) is 32.8 Å². The molecule has 1 aliphatic heterocycles. The first-order valence-electron chi connectivity index (χ1n) is 6.48. The van der Waals surface area contributed by atoms with Gasteiger partial charge in [-0.1, -0.05) is 28.4 Å². The summed E-state index contributed by atoms with van der Waals surface area (Å²) in [5.74, 6) is 1.29. The van der Waals surface area contributed by atoms with E-state index in [4.69, 9.17) is 37.5 Å². The van der Waals surface area contributed by atoms with E-state index in [0.717, 1.165) is 0 Å². The summed E-state index contributed by atoms with van der Waals surface area (Å²) in [4.78, 5) is 16.3. The summed E-state index contributed by atoms with van der Waals surface area (Å²) >= 11 is 11.6. The van der Waals surface area contributed by atoms with Gasteiger partial charge in [0.1, 0.15) is 0 Å². The topological polar surface area (TPSA) is 69.2 Å². The van der Waals surface area contributed by atoms with Crippen molar-refractivity contribution in [3.63, 3.8) is 0 Å². The van der Waals surface area contributed by atoms with Crippen molar-refractivity contribution in [1.29, 1.82) is 0 Å². The molecular weight excluding hydrogens is 343 g/mol. The Hall–Kier alpha value is -2.44. The van der Waals surface area contributed by atoms with Gasteiger partial charge in [-0.3, -0.25) is 10.2 Å². The van der Waals surface area contributed by atoms with Crippen molar-refractivity contribution in [2.75, 3.05) is 12.1 Å². The standard InChI is InChI=1S/C15H10Cl2N2O4/c16-11-3-2-10(6-12(11)17)19-15(20)23-18-7-9-1-4-13-14(5-9)22-8-21-13/h1-7H,8H2,(H,19,20)/b18-7+. The second kappa shape index (κ2) is 6.76. The number of nitrogens with zero attached hydrogens (tertiary/aromatic N) is 1. The van der Waals surface area contributed by atoms with Crippen LogP contribution in [0.1, 0.15) is 5.56 Å². The molecule has 1 N–H and O–H groups in total. The normalized spacial score (nSPS) is 12.4. The maximum Gasteiger partial charge on any atom is 0.437 e. The number of rotatable bonds is 3. The number of nitrogens with one attached hydrogen (secondary N) is 1. The molecule has 0 aliphatic carbocycles. The van der Waals surface area contributed by atoms with Gasteiger partial charge in [0.2, 0.25) is 6.79 Å². The van der Waals surface area contributed by atoms with Crippen LogP contribution in [0.15, 0.2) is 41.6 Å². The zero-order valence-corrected chi connectivity index (χ0v) is 13.1. The Morgan fingerprint density at radius 3 is 2.78 bits per heavy atom. The van der Waals surface area contributed by atoms with Gasteiger partial charge in [-0.05, 0) is 36.4 Å². The van der Waals surface area contributed by atoms with E-state index < -0.39 is 6.09 Å². The van der Waals surface area contributed by atoms with Crippen LogP contribution < -0.4 is 14.8 Å². The smallest absolute Gasteiger partial charge is 0.437 e. The van der Waals surface area contributed by atoms with Crippen LogP contribution in [-0.2, 0) is 4.84 Å². The van der Waals surface area contributed by atoms with Gasteiger partial charge in [-0.2, -0.15) is 0 Å². The molecule has 2 aromatic rings. The van der Waals surface area contributed by atoms with E-state index in [1.54, 1.807) is 30.3 Å². The minimum absolute atomic E-state index is 0.193. The summed E-state index contributed by atoms with van der Waals surface area (Å²) in [6.07, 6.45) is 0.636. The van der Waals surface area contributed by atoms with E-state index in [-0.39, 0.29) is 6.79 Å². The first kappa shape index (κ1) is 15.5. The number of oxime groups is 1. The van der Waals surface area contributed by atoms with Gasteiger partial charge in [0.15, 0.2) is 11.5 Å². The lowest BCUT2D eigenvalue weighted by molar-refractivity contribution is 0.167. The van der Waals surface area contributed by atoms with Crippen molar-refractivity contribution >= 4 is 41.2 Å². The van der Waals surface area contributed by atoms with Crippen molar-refractivity contribution < 1.29 is 19.1 Å². The Bertz CT molecular complexity index is 780. The molecule has 0 radical (unpaired) electrons. The Balaban J connectivity index is 1.57. The highest BCUT2D eigenvalue weighted by Gasteiger charge is 2.12. The van der Waals surface area contributed by atoms with E-state index in [1.165, 1.54) is 12.3 Å². The van der Waals surface area contributed by atoms with Gasteiger partial charge in [0.25, 0.3) is 0 Å². The molecule has 8 heteroatoms. The molecule has 1 heterocycles. The van der Waals surface area contributed by atoms with Crippen LogP contribution in [0.25, 0.3) is 0 Å². The second-order valence-electron chi connectivity index (χ2n) is 4.48.